The van der Waals surface area contributed by atoms with Crippen LogP contribution < -0.4 is 31.5 Å². The summed E-state index contributed by atoms with van der Waals surface area (Å²) in [4.78, 5) is 54.9. The summed E-state index contributed by atoms with van der Waals surface area (Å²) in [6.45, 7) is 3.64. The lowest BCUT2D eigenvalue weighted by Crippen LogP contribution is -2.48. The molecule has 0 saturated carbocycles. The zero-order valence-corrected chi connectivity index (χ0v) is 17.0. The number of aromatic amines is 1. The smallest absolute Gasteiger partial charge is 0.330 e. The molecule has 10 nitrogen and oxygen atoms in total. The number of likely N-dealkylation sites (N-methyl/N-ethyl adjacent to an activating group) is 1. The maximum absolute atomic E-state index is 13.1. The number of hydrogen-bond acceptors (Lipinski definition) is 6. The van der Waals surface area contributed by atoms with Crippen LogP contribution in [-0.2, 0) is 16.1 Å². The summed E-state index contributed by atoms with van der Waals surface area (Å²) in [7, 11) is 0. The Kier molecular flexibility index (Phi) is 6.24. The SMILES string of the molecule is CCCCn1c(N)c(N(CC)C(=O)CN2C(=O)COc3ccccc32)c(=O)[nH]c1=O. The molecule has 160 valence electrons. The number of unbranched alkanes of at least 4 members (excludes halogenated alkanes) is 1. The fourth-order valence-electron chi connectivity index (χ4n) is 3.38. The molecule has 3 rings (SSSR count). The quantitative estimate of drug-likeness (QED) is 0.684. The fraction of sp³-hybridized carbons (Fsp3) is 0.400. The molecule has 0 spiro atoms. The van der Waals surface area contributed by atoms with Gasteiger partial charge in [0, 0.05) is 13.1 Å². The summed E-state index contributed by atoms with van der Waals surface area (Å²) in [6.07, 6.45) is 1.52. The van der Waals surface area contributed by atoms with Crippen LogP contribution >= 0.6 is 0 Å². The van der Waals surface area contributed by atoms with E-state index in [-0.39, 0.29) is 37.1 Å². The highest BCUT2D eigenvalue weighted by molar-refractivity contribution is 6.06. The zero-order valence-electron chi connectivity index (χ0n) is 17.0. The van der Waals surface area contributed by atoms with Gasteiger partial charge in [0.15, 0.2) is 12.3 Å². The molecule has 3 N–H and O–H groups in total. The summed E-state index contributed by atoms with van der Waals surface area (Å²) in [5.74, 6) is -0.437. The van der Waals surface area contributed by atoms with Gasteiger partial charge in [0.05, 0.1) is 5.69 Å². The van der Waals surface area contributed by atoms with Crippen molar-refractivity contribution in [2.75, 3.05) is 35.2 Å². The molecule has 1 aliphatic rings. The monoisotopic (exact) mass is 415 g/mol. The zero-order chi connectivity index (χ0) is 21.8. The van der Waals surface area contributed by atoms with E-state index in [0.29, 0.717) is 24.4 Å². The van der Waals surface area contributed by atoms with Crippen LogP contribution in [0.25, 0.3) is 0 Å². The number of nitrogens with two attached hydrogens (primary N) is 1. The number of nitrogens with one attached hydrogen (secondary N) is 1. The third-order valence-corrected chi connectivity index (χ3v) is 4.94. The second-order valence-electron chi connectivity index (χ2n) is 6.87. The summed E-state index contributed by atoms with van der Waals surface area (Å²) < 4.78 is 6.65. The van der Waals surface area contributed by atoms with Crippen LogP contribution in [0.15, 0.2) is 33.9 Å². The van der Waals surface area contributed by atoms with E-state index in [1.807, 2.05) is 6.92 Å². The Labute approximate surface area is 172 Å². The fourth-order valence-corrected chi connectivity index (χ4v) is 3.38. The van der Waals surface area contributed by atoms with Crippen molar-refractivity contribution in [2.24, 2.45) is 0 Å². The van der Waals surface area contributed by atoms with Crippen molar-refractivity contribution in [1.82, 2.24) is 9.55 Å². The molecule has 0 bridgehead atoms. The van der Waals surface area contributed by atoms with E-state index in [1.165, 1.54) is 14.4 Å². The van der Waals surface area contributed by atoms with Gasteiger partial charge in [-0.25, -0.2) is 4.79 Å². The normalized spacial score (nSPS) is 13.0. The standard InChI is InChI=1S/C20H25N5O5/c1-3-5-10-24-18(21)17(19(28)22-20(24)29)23(4-2)15(26)11-25-13-8-6-7-9-14(13)30-12-16(25)27/h6-9H,3-5,10-12,21H2,1-2H3,(H,22,28,29). The maximum atomic E-state index is 13.1. The minimum atomic E-state index is -0.742. The van der Waals surface area contributed by atoms with Gasteiger partial charge in [-0.1, -0.05) is 25.5 Å². The van der Waals surface area contributed by atoms with Gasteiger partial charge in [-0.3, -0.25) is 28.8 Å². The molecule has 0 atom stereocenters. The minimum absolute atomic E-state index is 0.0684. The van der Waals surface area contributed by atoms with E-state index < -0.39 is 17.2 Å². The molecule has 1 aromatic carbocycles. The first-order valence-electron chi connectivity index (χ1n) is 9.84. The number of anilines is 3. The average Bonchev–Trinajstić information content (AvgIpc) is 2.72. The average molecular weight is 415 g/mol. The Morgan fingerprint density at radius 2 is 1.97 bits per heavy atom. The van der Waals surface area contributed by atoms with Crippen LogP contribution in [0.2, 0.25) is 0 Å². The van der Waals surface area contributed by atoms with Crippen LogP contribution in [0.5, 0.6) is 5.75 Å². The van der Waals surface area contributed by atoms with E-state index in [0.717, 1.165) is 6.42 Å². The van der Waals surface area contributed by atoms with Crippen LogP contribution in [0.1, 0.15) is 26.7 Å². The Morgan fingerprint density at radius 3 is 2.67 bits per heavy atom. The van der Waals surface area contributed by atoms with Crippen molar-refractivity contribution in [3.8, 4) is 5.75 Å². The van der Waals surface area contributed by atoms with Gasteiger partial charge in [0.1, 0.15) is 18.1 Å². The largest absolute Gasteiger partial charge is 0.482 e. The first-order chi connectivity index (χ1) is 14.4. The van der Waals surface area contributed by atoms with Crippen LogP contribution in [0.4, 0.5) is 17.2 Å². The number of carbonyl (C=O) groups is 2. The molecule has 1 aliphatic heterocycles. The highest BCUT2D eigenvalue weighted by Gasteiger charge is 2.30. The Hall–Kier alpha value is -3.56. The van der Waals surface area contributed by atoms with Gasteiger partial charge in [-0.05, 0) is 25.5 Å². The molecule has 0 saturated heterocycles. The second kappa shape index (κ2) is 8.85. The number of fused-ring (bicyclic) bond motifs is 1. The Morgan fingerprint density at radius 1 is 1.23 bits per heavy atom. The predicted molar refractivity (Wildman–Crippen MR) is 113 cm³/mol. The third-order valence-electron chi connectivity index (χ3n) is 4.94. The lowest BCUT2D eigenvalue weighted by Gasteiger charge is -2.31. The van der Waals surface area contributed by atoms with Crippen LogP contribution in [-0.4, -0.2) is 41.1 Å². The molecule has 30 heavy (non-hydrogen) atoms. The summed E-state index contributed by atoms with van der Waals surface area (Å²) in [6, 6.07) is 6.90. The molecular weight excluding hydrogens is 390 g/mol. The molecule has 0 fully saturated rings. The van der Waals surface area contributed by atoms with Crippen LogP contribution in [0, 0.1) is 0 Å². The predicted octanol–water partition coefficient (Wildman–Crippen LogP) is 0.697. The number of aromatic nitrogens is 2. The number of hydrogen-bond donors (Lipinski definition) is 2. The van der Waals surface area contributed by atoms with Gasteiger partial charge < -0.3 is 15.4 Å². The molecule has 1 aromatic heterocycles. The van der Waals surface area contributed by atoms with Gasteiger partial charge >= 0.3 is 5.69 Å². The molecule has 0 radical (unpaired) electrons. The van der Waals surface area contributed by atoms with Crippen molar-refractivity contribution >= 4 is 29.0 Å². The molecule has 2 amide bonds. The van der Waals surface area contributed by atoms with E-state index in [1.54, 1.807) is 31.2 Å². The first-order valence-corrected chi connectivity index (χ1v) is 9.84. The molecule has 2 heterocycles. The number of ether oxygens (including phenoxy) is 1. The van der Waals surface area contributed by atoms with Crippen molar-refractivity contribution in [2.45, 2.75) is 33.2 Å². The minimum Gasteiger partial charge on any atom is -0.482 e. The molecule has 0 aliphatic carbocycles. The van der Waals surface area contributed by atoms with Gasteiger partial charge in [0.25, 0.3) is 11.5 Å². The molecule has 2 aromatic rings. The number of amides is 2. The van der Waals surface area contributed by atoms with Crippen molar-refractivity contribution in [1.29, 1.82) is 0 Å². The van der Waals surface area contributed by atoms with E-state index in [4.69, 9.17) is 10.5 Å². The Balaban J connectivity index is 1.95. The lowest BCUT2D eigenvalue weighted by atomic mass is 10.2. The Bertz CT molecular complexity index is 1070. The van der Waals surface area contributed by atoms with Gasteiger partial charge in [0.2, 0.25) is 5.91 Å². The van der Waals surface area contributed by atoms with Crippen molar-refractivity contribution in [3.63, 3.8) is 0 Å². The number of carbonyl (C=O) groups excluding carboxylic acids is 2. The number of para-hydroxylation sites is 2. The highest BCUT2D eigenvalue weighted by atomic mass is 16.5. The van der Waals surface area contributed by atoms with Crippen molar-refractivity contribution < 1.29 is 14.3 Å². The number of benzene rings is 1. The van der Waals surface area contributed by atoms with E-state index in [9.17, 15) is 19.2 Å². The van der Waals surface area contributed by atoms with Crippen LogP contribution in [0.3, 0.4) is 0 Å². The number of nitrogens with zero attached hydrogens (tertiary/aromatic N) is 3. The molecule has 10 heteroatoms. The number of rotatable bonds is 7. The van der Waals surface area contributed by atoms with Gasteiger partial charge in [-0.2, -0.15) is 0 Å². The number of H-pyrrole nitrogens is 1. The van der Waals surface area contributed by atoms with Crippen molar-refractivity contribution in [3.05, 3.63) is 45.1 Å². The maximum Gasteiger partial charge on any atom is 0.330 e. The number of nitrogen functional groups attached to an aromatic ring is 1. The van der Waals surface area contributed by atoms with E-state index >= 15 is 0 Å². The second-order valence-corrected chi connectivity index (χ2v) is 6.87. The topological polar surface area (TPSA) is 131 Å². The summed E-state index contributed by atoms with van der Waals surface area (Å²) >= 11 is 0. The van der Waals surface area contributed by atoms with Gasteiger partial charge in [-0.15, -0.1) is 0 Å². The summed E-state index contributed by atoms with van der Waals surface area (Å²) in [5, 5.41) is 0. The summed E-state index contributed by atoms with van der Waals surface area (Å²) in [5.41, 5.74) is 5.16. The lowest BCUT2D eigenvalue weighted by molar-refractivity contribution is -0.124. The molecular formula is C20H25N5O5. The highest BCUT2D eigenvalue weighted by Crippen LogP contribution is 2.31. The first kappa shape index (κ1) is 21.2. The molecule has 0 unspecified atom stereocenters. The third kappa shape index (κ3) is 3.93. The van der Waals surface area contributed by atoms with E-state index in [2.05, 4.69) is 4.98 Å².